The van der Waals surface area contributed by atoms with Gasteiger partial charge in [-0.1, -0.05) is 87.9 Å². The van der Waals surface area contributed by atoms with E-state index in [1.165, 1.54) is 0 Å². The highest BCUT2D eigenvalue weighted by Crippen LogP contribution is 2.60. The maximum Gasteiger partial charge on any atom is 0.265 e. The van der Waals surface area contributed by atoms with E-state index >= 15 is 14.0 Å². The zero-order chi connectivity index (χ0) is 44.5. The number of Topliss-reactive ketones (excluding diaryl/α,β-unsaturated/α-hetero) is 2. The molecule has 10 nitrogen and oxygen atoms in total. The van der Waals surface area contributed by atoms with Crippen molar-refractivity contribution in [2.45, 2.75) is 122 Å². The van der Waals surface area contributed by atoms with Crippen molar-refractivity contribution in [3.63, 3.8) is 0 Å². The van der Waals surface area contributed by atoms with Gasteiger partial charge in [0.1, 0.15) is 36.1 Å². The number of rotatable bonds is 11. The third kappa shape index (κ3) is 7.48. The third-order valence-corrected chi connectivity index (χ3v) is 19.6. The van der Waals surface area contributed by atoms with Crippen LogP contribution in [0.5, 0.6) is 11.6 Å². The number of likely N-dealkylation sites (tertiary alicyclic amines) is 1. The molecular weight excluding hydrogens is 870 g/mol. The Morgan fingerprint density at radius 3 is 2.19 bits per heavy atom. The first kappa shape index (κ1) is 44.5. The zero-order valence-electron chi connectivity index (χ0n) is 37.4. The highest BCUT2D eigenvalue weighted by Gasteiger charge is 2.69. The molecule has 4 aliphatic rings. The van der Waals surface area contributed by atoms with Gasteiger partial charge in [-0.3, -0.25) is 19.4 Å². The molecule has 330 valence electrons. The summed E-state index contributed by atoms with van der Waals surface area (Å²) in [6.07, 6.45) is 3.44. The molecule has 0 unspecified atom stereocenters. The molecule has 0 amide bonds. The van der Waals surface area contributed by atoms with E-state index < -0.39 is 60.0 Å². The summed E-state index contributed by atoms with van der Waals surface area (Å²) in [5, 5.41) is 16.6. The molecule has 0 spiro atoms. The van der Waals surface area contributed by atoms with Crippen molar-refractivity contribution in [2.75, 3.05) is 20.6 Å². The SMILES string of the molecule is CN(C)[C@@H]1c2onc(OCc3ccccc3)c2C(=O)[C@@]2(O[Si](C)(C)C(C)(C)C)C(=O)C3=C(O)c4c(c(F)c(CN5CCCCC5(C)C)c(Br)c4OCc4ccccc4)C[C@H]3C[C@@H]12. The monoisotopic (exact) mass is 927 g/mol. The number of carbonyl (C=O) groups excluding carboxylic acids is 2. The van der Waals surface area contributed by atoms with E-state index in [4.69, 9.17) is 18.4 Å². The lowest BCUT2D eigenvalue weighted by Crippen LogP contribution is -2.68. The average molecular weight is 929 g/mol. The Morgan fingerprint density at radius 1 is 0.968 bits per heavy atom. The van der Waals surface area contributed by atoms with Crippen molar-refractivity contribution >= 4 is 41.6 Å². The standard InChI is InChI=1S/C49H59BrFN3O7Si/c1-47(2,3)62(8,9)61-49-34(40(53(6)7)43-37(45(49)57)46(52-60-43)59-28-30-20-14-11-15-21-30)25-31-24-32-36(41(55)35(31)44(49)56)42(58-27-29-18-12-10-13-19-29)38(50)33(39(32)51)26-54-23-17-16-22-48(54,4)5/h10-15,18-21,31,34,40,55H,16-17,22-28H2,1-9H3/t31-,34-,40-,49-/m0/s1. The Bertz CT molecular complexity index is 2410. The largest absolute Gasteiger partial charge is 0.507 e. The normalized spacial score (nSPS) is 23.8. The van der Waals surface area contributed by atoms with Crippen LogP contribution in [-0.2, 0) is 35.4 Å². The Balaban J connectivity index is 1.31. The summed E-state index contributed by atoms with van der Waals surface area (Å²) < 4.78 is 44.1. The van der Waals surface area contributed by atoms with Gasteiger partial charge in [-0.2, -0.15) is 0 Å². The van der Waals surface area contributed by atoms with Crippen LogP contribution in [0.2, 0.25) is 18.1 Å². The number of piperidine rings is 1. The van der Waals surface area contributed by atoms with Crippen LogP contribution < -0.4 is 9.47 Å². The number of nitrogens with zero attached hydrogens (tertiary/aromatic N) is 3. The minimum absolute atomic E-state index is 0.0218. The van der Waals surface area contributed by atoms with E-state index in [0.29, 0.717) is 27.9 Å². The molecule has 1 aliphatic heterocycles. The molecule has 2 fully saturated rings. The molecule has 4 atom stereocenters. The molecule has 4 aromatic rings. The minimum atomic E-state index is -2.97. The van der Waals surface area contributed by atoms with Crippen LogP contribution in [0, 0.1) is 17.7 Å². The van der Waals surface area contributed by atoms with Gasteiger partial charge in [0.05, 0.1) is 16.1 Å². The Hall–Kier alpha value is -4.14. The van der Waals surface area contributed by atoms with E-state index in [0.717, 1.165) is 36.9 Å². The van der Waals surface area contributed by atoms with Gasteiger partial charge in [0.2, 0.25) is 11.6 Å². The predicted molar refractivity (Wildman–Crippen MR) is 242 cm³/mol. The van der Waals surface area contributed by atoms with Crippen molar-refractivity contribution in [3.8, 4) is 11.6 Å². The summed E-state index contributed by atoms with van der Waals surface area (Å²) in [7, 11) is 0.779. The summed E-state index contributed by atoms with van der Waals surface area (Å²) in [5.74, 6) is -2.97. The lowest BCUT2D eigenvalue weighted by atomic mass is 9.57. The van der Waals surface area contributed by atoms with Crippen LogP contribution in [0.1, 0.15) is 110 Å². The quantitative estimate of drug-likeness (QED) is 0.115. The molecule has 2 heterocycles. The highest BCUT2D eigenvalue weighted by molar-refractivity contribution is 9.10. The van der Waals surface area contributed by atoms with Crippen molar-refractivity contribution in [2.24, 2.45) is 11.8 Å². The summed E-state index contributed by atoms with van der Waals surface area (Å²) in [6, 6.07) is 18.5. The fourth-order valence-corrected chi connectivity index (χ4v) is 11.9. The number of fused-ring (bicyclic) bond motifs is 4. The van der Waals surface area contributed by atoms with Crippen molar-refractivity contribution in [1.29, 1.82) is 0 Å². The van der Waals surface area contributed by atoms with E-state index in [9.17, 15) is 5.11 Å². The topological polar surface area (TPSA) is 115 Å². The lowest BCUT2D eigenvalue weighted by molar-refractivity contribution is -0.140. The van der Waals surface area contributed by atoms with Crippen LogP contribution in [0.15, 0.2) is 75.2 Å². The number of ketones is 2. The second kappa shape index (κ2) is 16.4. The van der Waals surface area contributed by atoms with Crippen LogP contribution >= 0.6 is 15.9 Å². The third-order valence-electron chi connectivity index (χ3n) is 14.3. The first-order valence-electron chi connectivity index (χ1n) is 21.8. The number of ether oxygens (including phenoxy) is 2. The van der Waals surface area contributed by atoms with Crippen LogP contribution in [0.4, 0.5) is 4.39 Å². The summed E-state index contributed by atoms with van der Waals surface area (Å²) in [6.45, 7) is 16.0. The number of aromatic nitrogens is 1. The maximum absolute atomic E-state index is 17.6. The van der Waals surface area contributed by atoms with Gasteiger partial charge < -0.3 is 23.5 Å². The molecule has 1 N–H and O–H groups in total. The fraction of sp³-hybridized carbons (Fsp3) is 0.490. The Morgan fingerprint density at radius 2 is 1.60 bits per heavy atom. The van der Waals surface area contributed by atoms with E-state index in [2.05, 4.69) is 60.6 Å². The summed E-state index contributed by atoms with van der Waals surface area (Å²) in [5.41, 5.74) is 0.478. The zero-order valence-corrected chi connectivity index (χ0v) is 39.9. The highest BCUT2D eigenvalue weighted by atomic mass is 79.9. The number of aliphatic hydroxyl groups is 1. The number of aliphatic hydroxyl groups excluding tert-OH is 1. The maximum atomic E-state index is 17.6. The molecule has 13 heteroatoms. The Kier molecular flexibility index (Phi) is 11.8. The summed E-state index contributed by atoms with van der Waals surface area (Å²) >= 11 is 3.77. The van der Waals surface area contributed by atoms with Crippen molar-refractivity contribution in [1.82, 2.24) is 15.0 Å². The van der Waals surface area contributed by atoms with Gasteiger partial charge in [0, 0.05) is 34.7 Å². The molecule has 1 saturated carbocycles. The van der Waals surface area contributed by atoms with Crippen LogP contribution in [0.25, 0.3) is 5.76 Å². The predicted octanol–water partition coefficient (Wildman–Crippen LogP) is 10.8. The van der Waals surface area contributed by atoms with Gasteiger partial charge >= 0.3 is 0 Å². The van der Waals surface area contributed by atoms with E-state index in [-0.39, 0.29) is 59.9 Å². The van der Waals surface area contributed by atoms with Gasteiger partial charge in [0.25, 0.3) is 5.88 Å². The molecule has 8 rings (SSSR count). The first-order chi connectivity index (χ1) is 29.3. The smallest absolute Gasteiger partial charge is 0.265 e. The molecule has 1 saturated heterocycles. The molecule has 3 aromatic carbocycles. The number of carbonyl (C=O) groups is 2. The van der Waals surface area contributed by atoms with Crippen molar-refractivity contribution in [3.05, 3.63) is 116 Å². The Labute approximate surface area is 374 Å². The second-order valence-electron chi connectivity index (χ2n) is 19.9. The van der Waals surface area contributed by atoms with E-state index in [1.807, 2.05) is 92.8 Å². The van der Waals surface area contributed by atoms with Gasteiger partial charge in [-0.25, -0.2) is 4.39 Å². The van der Waals surface area contributed by atoms with Crippen LogP contribution in [-0.4, -0.2) is 71.7 Å². The van der Waals surface area contributed by atoms with E-state index in [1.54, 1.807) is 0 Å². The van der Waals surface area contributed by atoms with Crippen LogP contribution in [0.3, 0.4) is 0 Å². The van der Waals surface area contributed by atoms with Gasteiger partial charge in [0.15, 0.2) is 19.7 Å². The number of benzene rings is 3. The number of hydrogen-bond donors (Lipinski definition) is 1. The van der Waals surface area contributed by atoms with Gasteiger partial charge in [-0.15, -0.1) is 0 Å². The first-order valence-corrected chi connectivity index (χ1v) is 25.5. The van der Waals surface area contributed by atoms with Gasteiger partial charge in [-0.05, 0) is 116 Å². The van der Waals surface area contributed by atoms with Crippen molar-refractivity contribution < 1.29 is 37.5 Å². The summed E-state index contributed by atoms with van der Waals surface area (Å²) in [4.78, 5) is 35.9. The lowest BCUT2D eigenvalue weighted by Gasteiger charge is -2.55. The average Bonchev–Trinajstić information content (AvgIpc) is 3.64. The second-order valence-corrected chi connectivity index (χ2v) is 25.4. The number of hydrogen-bond acceptors (Lipinski definition) is 10. The molecular formula is C49H59BrFN3O7Si. The molecule has 0 bridgehead atoms. The molecule has 1 aromatic heterocycles. The number of halogens is 2. The fourth-order valence-electron chi connectivity index (χ4n) is 9.87. The molecule has 62 heavy (non-hydrogen) atoms. The molecule has 0 radical (unpaired) electrons. The minimum Gasteiger partial charge on any atom is -0.507 e. The molecule has 3 aliphatic carbocycles.